The van der Waals surface area contributed by atoms with Gasteiger partial charge in [-0.25, -0.2) is 0 Å². The molecule has 32 valence electrons. The van der Waals surface area contributed by atoms with Crippen LogP contribution in [0, 0.1) is 0 Å². The number of rotatable bonds is 0. The molecule has 0 bridgehead atoms. The summed E-state index contributed by atoms with van der Waals surface area (Å²) in [5.74, 6) is 0. The van der Waals surface area contributed by atoms with Gasteiger partial charge in [0.2, 0.25) is 0 Å². The first kappa shape index (κ1) is 9.21. The molecule has 0 saturated heterocycles. The molecule has 0 amide bonds. The Labute approximate surface area is 50.0 Å². The van der Waals surface area contributed by atoms with Gasteiger partial charge in [0.05, 0.1) is 0 Å². The molecule has 0 unspecified atom stereocenters. The van der Waals surface area contributed by atoms with E-state index in [0.717, 1.165) is 0 Å². The van der Waals surface area contributed by atoms with Crippen molar-refractivity contribution in [3.05, 3.63) is 0 Å². The molecule has 0 aromatic heterocycles. The molecule has 0 rings (SSSR count). The van der Waals surface area contributed by atoms with Crippen molar-refractivity contribution < 1.29 is 4.79 Å². The number of carbonyl (C=O) groups excluding carboxylic acids is 1. The van der Waals surface area contributed by atoms with E-state index >= 15 is 0 Å². The van der Waals surface area contributed by atoms with E-state index in [-0.39, 0.29) is 17.0 Å². The van der Waals surface area contributed by atoms with Crippen molar-refractivity contribution in [3.63, 3.8) is 0 Å². The molecule has 0 aromatic carbocycles. The van der Waals surface area contributed by atoms with Crippen molar-refractivity contribution in [3.8, 4) is 0 Å². The first-order chi connectivity index (χ1) is 1.73. The quantitative estimate of drug-likeness (QED) is 0.521. The first-order valence-electron chi connectivity index (χ1n) is 0.582. The van der Waals surface area contributed by atoms with Crippen LogP contribution in [0.1, 0.15) is 0 Å². The summed E-state index contributed by atoms with van der Waals surface area (Å²) in [6, 6.07) is 0. The predicted octanol–water partition coefficient (Wildman–Crippen LogP) is 2.16. The van der Waals surface area contributed by atoms with Crippen LogP contribution in [0.5, 0.6) is 0 Å². The Morgan fingerprint density at radius 3 is 1.40 bits per heavy atom. The standard InChI is InChI=1S/CCl2O.BrH/c2-1(3)4;/h;1H. The molecule has 0 aromatic rings. The van der Waals surface area contributed by atoms with Crippen LogP contribution in [0.3, 0.4) is 0 Å². The minimum atomic E-state index is -0.889. The lowest BCUT2D eigenvalue weighted by Gasteiger charge is -1.48. The summed E-state index contributed by atoms with van der Waals surface area (Å²) in [6.45, 7) is 0. The highest BCUT2D eigenvalue weighted by Gasteiger charge is 1.72. The fraction of sp³-hybridized carbons (Fsp3) is 0. The van der Waals surface area contributed by atoms with Gasteiger partial charge in [0.1, 0.15) is 0 Å². The summed E-state index contributed by atoms with van der Waals surface area (Å²) in [7, 11) is 0. The van der Waals surface area contributed by atoms with Gasteiger partial charge < -0.3 is 0 Å². The minimum Gasteiger partial charge on any atom is -0.262 e. The Hall–Kier alpha value is 0.730. The van der Waals surface area contributed by atoms with Gasteiger partial charge in [-0.3, -0.25) is 4.79 Å². The lowest BCUT2D eigenvalue weighted by molar-refractivity contribution is 0.275. The molecule has 0 N–H and O–H groups in total. The van der Waals surface area contributed by atoms with Gasteiger partial charge in [-0.05, 0) is 23.2 Å². The highest BCUT2D eigenvalue weighted by molar-refractivity contribution is 8.93. The lowest BCUT2D eigenvalue weighted by Crippen LogP contribution is -1.46. The molecule has 0 atom stereocenters. The largest absolute Gasteiger partial charge is 0.313 e. The molecule has 1 nitrogen and oxygen atoms in total. The summed E-state index contributed by atoms with van der Waals surface area (Å²) < 4.78 is -0.889. The molecule has 0 aliphatic carbocycles. The third kappa shape index (κ3) is 66.2. The van der Waals surface area contributed by atoms with Crippen LogP contribution in [0.25, 0.3) is 0 Å². The lowest BCUT2D eigenvalue weighted by atomic mass is 11.8. The van der Waals surface area contributed by atoms with E-state index in [1.54, 1.807) is 0 Å². The number of carbonyl (C=O) groups is 1. The van der Waals surface area contributed by atoms with Crippen molar-refractivity contribution in [1.29, 1.82) is 0 Å². The zero-order chi connectivity index (χ0) is 3.58. The maximum atomic E-state index is 8.98. The number of halogens is 3. The Kier molecular flexibility index (Phi) is 8.72. The van der Waals surface area contributed by atoms with E-state index in [9.17, 15) is 0 Å². The molecule has 4 heteroatoms. The monoisotopic (exact) mass is 178 g/mol. The fourth-order valence-electron chi connectivity index (χ4n) is 0. The molecule has 0 saturated carbocycles. The van der Waals surface area contributed by atoms with Crippen molar-refractivity contribution in [2.24, 2.45) is 0 Å². The average Bonchev–Trinajstić information content (AvgIpc) is 0.811. The van der Waals surface area contributed by atoms with Crippen molar-refractivity contribution in [2.75, 3.05) is 0 Å². The van der Waals surface area contributed by atoms with Crippen molar-refractivity contribution in [2.45, 2.75) is 0 Å². The minimum absolute atomic E-state index is 0. The van der Waals surface area contributed by atoms with Gasteiger partial charge in [0, 0.05) is 0 Å². The predicted molar refractivity (Wildman–Crippen MR) is 27.4 cm³/mol. The van der Waals surface area contributed by atoms with Crippen LogP contribution >= 0.6 is 40.2 Å². The fourth-order valence-corrected chi connectivity index (χ4v) is 0. The van der Waals surface area contributed by atoms with Gasteiger partial charge in [-0.15, -0.1) is 17.0 Å². The molecule has 0 radical (unpaired) electrons. The van der Waals surface area contributed by atoms with E-state index in [1.165, 1.54) is 0 Å². The summed E-state index contributed by atoms with van der Waals surface area (Å²) in [5, 5.41) is 0. The highest BCUT2D eigenvalue weighted by Crippen LogP contribution is 1.84. The van der Waals surface area contributed by atoms with E-state index in [0.29, 0.717) is 0 Å². The molecule has 5 heavy (non-hydrogen) atoms. The maximum Gasteiger partial charge on any atom is 0.313 e. The second kappa shape index (κ2) is 4.73. The summed E-state index contributed by atoms with van der Waals surface area (Å²) in [6.07, 6.45) is 0. The maximum absolute atomic E-state index is 8.98. The molecule has 0 aliphatic heterocycles. The Bertz CT molecular complexity index is 32.6. The second-order valence-electron chi connectivity index (χ2n) is 0.226. The zero-order valence-electron chi connectivity index (χ0n) is 2.07. The normalized spacial score (nSPS) is 5.20. The number of hydrogen-bond donors (Lipinski definition) is 0. The van der Waals surface area contributed by atoms with Crippen molar-refractivity contribution in [1.82, 2.24) is 0 Å². The van der Waals surface area contributed by atoms with Crippen LogP contribution in [-0.4, -0.2) is 4.70 Å². The third-order valence-corrected chi connectivity index (χ3v) is 0. The van der Waals surface area contributed by atoms with Crippen LogP contribution < -0.4 is 0 Å². The second-order valence-corrected chi connectivity index (χ2v) is 1.11. The van der Waals surface area contributed by atoms with Crippen LogP contribution in [0.4, 0.5) is 4.79 Å². The van der Waals surface area contributed by atoms with E-state index in [4.69, 9.17) is 4.79 Å². The summed E-state index contributed by atoms with van der Waals surface area (Å²) in [4.78, 5) is 8.98. The van der Waals surface area contributed by atoms with Crippen molar-refractivity contribution >= 4 is 44.9 Å². The van der Waals surface area contributed by atoms with Gasteiger partial charge >= 0.3 is 4.70 Å². The molecule has 0 spiro atoms. The SMILES string of the molecule is Br.O=C(Cl)Cl. The molecule has 0 aliphatic rings. The van der Waals surface area contributed by atoms with Crippen LogP contribution in [-0.2, 0) is 0 Å². The van der Waals surface area contributed by atoms with Gasteiger partial charge in [0.15, 0.2) is 0 Å². The topological polar surface area (TPSA) is 17.1 Å². The summed E-state index contributed by atoms with van der Waals surface area (Å²) in [5.41, 5.74) is 0. The van der Waals surface area contributed by atoms with E-state index < -0.39 is 4.70 Å². The van der Waals surface area contributed by atoms with E-state index in [2.05, 4.69) is 23.2 Å². The van der Waals surface area contributed by atoms with E-state index in [1.807, 2.05) is 0 Å². The smallest absolute Gasteiger partial charge is 0.262 e. The van der Waals surface area contributed by atoms with Crippen LogP contribution in [0.15, 0.2) is 0 Å². The van der Waals surface area contributed by atoms with Gasteiger partial charge in [-0.1, -0.05) is 0 Å². The van der Waals surface area contributed by atoms with Crippen LogP contribution in [0.2, 0.25) is 0 Å². The Balaban J connectivity index is 0. The number of hydrogen-bond acceptors (Lipinski definition) is 1. The molecular weight excluding hydrogens is 179 g/mol. The molecule has 0 fully saturated rings. The Morgan fingerprint density at radius 1 is 1.40 bits per heavy atom. The van der Waals surface area contributed by atoms with Gasteiger partial charge in [-0.2, -0.15) is 0 Å². The summed E-state index contributed by atoms with van der Waals surface area (Å²) >= 11 is 8.80. The third-order valence-electron chi connectivity index (χ3n) is 0. The highest BCUT2D eigenvalue weighted by atomic mass is 79.9. The molecular formula is CHBrCl2O. The average molecular weight is 180 g/mol. The van der Waals surface area contributed by atoms with Gasteiger partial charge in [0.25, 0.3) is 0 Å². The first-order valence-corrected chi connectivity index (χ1v) is 1.34. The molecule has 0 heterocycles. The Morgan fingerprint density at radius 2 is 1.40 bits per heavy atom. The zero-order valence-corrected chi connectivity index (χ0v) is 5.30.